The smallest absolute Gasteiger partial charge is 0.216 e. The van der Waals surface area contributed by atoms with Crippen molar-refractivity contribution in [1.82, 2.24) is 19.5 Å². The Morgan fingerprint density at radius 1 is 0.587 bits per heavy atom. The molecule has 0 amide bonds. The Morgan fingerprint density at radius 2 is 1.22 bits per heavy atom. The van der Waals surface area contributed by atoms with E-state index in [1.165, 1.54) is 39.1 Å². The van der Waals surface area contributed by atoms with Crippen molar-refractivity contribution in [3.63, 3.8) is 0 Å². The number of nitrogens with zero attached hydrogens (tertiary/aromatic N) is 4. The standard InChI is InChI=1S/C46H40N3O.C11H8N.Ir/c1-28(2)36-24-34(32-18-9-7-10-19-32)25-37(29(3)4)43(36)49-41-23-14-13-22-39(41)47-45(49)35-26-38(42-30(5)16-15-17-31(42)6)44-40(27-35)48-46(50-44)33-20-11-8-12-21-33;1-2-6-10(7-3-1)11-8-4-5-9-12-11;/h7-26,28-29H,1-6H3;1-6,8-9H;/q2*-1;. The van der Waals surface area contributed by atoms with Gasteiger partial charge >= 0.3 is 0 Å². The first-order chi connectivity index (χ1) is 30.2. The Kier molecular flexibility index (Phi) is 12.8. The summed E-state index contributed by atoms with van der Waals surface area (Å²) in [6.45, 7) is 13.5. The fourth-order valence-electron chi connectivity index (χ4n) is 8.33. The number of oxazole rings is 1. The van der Waals surface area contributed by atoms with Gasteiger partial charge in [0.05, 0.1) is 22.4 Å². The van der Waals surface area contributed by atoms with Crippen LogP contribution in [0.25, 0.3) is 84.2 Å². The van der Waals surface area contributed by atoms with Gasteiger partial charge in [-0.25, -0.2) is 4.98 Å². The van der Waals surface area contributed by atoms with E-state index in [-0.39, 0.29) is 31.9 Å². The fourth-order valence-corrected chi connectivity index (χ4v) is 8.33. The minimum atomic E-state index is 0. The molecule has 0 aliphatic rings. The van der Waals surface area contributed by atoms with E-state index in [1.54, 1.807) is 6.20 Å². The van der Waals surface area contributed by atoms with Crippen molar-refractivity contribution >= 4 is 22.1 Å². The van der Waals surface area contributed by atoms with Crippen molar-refractivity contribution in [2.24, 2.45) is 0 Å². The van der Waals surface area contributed by atoms with Crippen LogP contribution < -0.4 is 0 Å². The molecule has 0 N–H and O–H groups in total. The summed E-state index contributed by atoms with van der Waals surface area (Å²) in [5.74, 6) is 1.94. The summed E-state index contributed by atoms with van der Waals surface area (Å²) >= 11 is 0. The van der Waals surface area contributed by atoms with E-state index in [1.807, 2.05) is 72.8 Å². The van der Waals surface area contributed by atoms with Crippen LogP contribution in [-0.2, 0) is 20.1 Å². The van der Waals surface area contributed by atoms with Crippen LogP contribution in [0, 0.1) is 26.0 Å². The first-order valence-corrected chi connectivity index (χ1v) is 21.3. The molecule has 5 nitrogen and oxygen atoms in total. The number of hydrogen-bond acceptors (Lipinski definition) is 4. The molecule has 0 aliphatic carbocycles. The Hall–Kier alpha value is -6.72. The summed E-state index contributed by atoms with van der Waals surface area (Å²) in [5, 5.41) is 0. The molecule has 0 aliphatic heterocycles. The molecule has 6 heteroatoms. The number of benzene rings is 7. The molecular weight excluding hydrogens is 949 g/mol. The van der Waals surface area contributed by atoms with Crippen molar-refractivity contribution < 1.29 is 24.5 Å². The van der Waals surface area contributed by atoms with Gasteiger partial charge in [0, 0.05) is 43.1 Å². The maximum atomic E-state index is 6.60. The van der Waals surface area contributed by atoms with Gasteiger partial charge in [0.2, 0.25) is 5.89 Å². The molecule has 313 valence electrons. The maximum Gasteiger partial charge on any atom is 0.216 e. The van der Waals surface area contributed by atoms with Crippen LogP contribution >= 0.6 is 0 Å². The Labute approximate surface area is 383 Å². The predicted octanol–water partition coefficient (Wildman–Crippen LogP) is 15.0. The van der Waals surface area contributed by atoms with E-state index in [4.69, 9.17) is 14.4 Å². The first kappa shape index (κ1) is 42.9. The fraction of sp³-hybridized carbons (Fsp3) is 0.140. The van der Waals surface area contributed by atoms with Crippen LogP contribution in [0.5, 0.6) is 0 Å². The molecule has 0 bridgehead atoms. The summed E-state index contributed by atoms with van der Waals surface area (Å²) in [7, 11) is 0. The maximum absolute atomic E-state index is 6.60. The van der Waals surface area contributed by atoms with Crippen molar-refractivity contribution in [3.05, 3.63) is 204 Å². The summed E-state index contributed by atoms with van der Waals surface area (Å²) in [4.78, 5) is 14.6. The van der Waals surface area contributed by atoms with E-state index >= 15 is 0 Å². The number of imidazole rings is 1. The number of hydrogen-bond donors (Lipinski definition) is 0. The number of pyridine rings is 1. The van der Waals surface area contributed by atoms with Gasteiger partial charge in [-0.1, -0.05) is 124 Å². The van der Waals surface area contributed by atoms with Crippen molar-refractivity contribution in [2.45, 2.75) is 53.4 Å². The molecule has 0 fully saturated rings. The zero-order valence-corrected chi connectivity index (χ0v) is 38.7. The Morgan fingerprint density at radius 3 is 1.86 bits per heavy atom. The molecule has 1 radical (unpaired) electrons. The third kappa shape index (κ3) is 8.70. The summed E-state index contributed by atoms with van der Waals surface area (Å²) in [6, 6.07) is 63.1. The third-order valence-electron chi connectivity index (χ3n) is 11.4. The van der Waals surface area contributed by atoms with E-state index in [0.29, 0.717) is 11.4 Å². The molecule has 10 rings (SSSR count). The first-order valence-electron chi connectivity index (χ1n) is 21.3. The Bertz CT molecular complexity index is 3050. The second-order valence-electron chi connectivity index (χ2n) is 16.4. The van der Waals surface area contributed by atoms with Gasteiger partial charge < -0.3 is 14.0 Å². The van der Waals surface area contributed by atoms with E-state index in [2.05, 4.69) is 154 Å². The molecule has 7 aromatic carbocycles. The van der Waals surface area contributed by atoms with Crippen molar-refractivity contribution in [3.8, 4) is 62.0 Å². The van der Waals surface area contributed by atoms with Crippen LogP contribution in [0.15, 0.2) is 174 Å². The van der Waals surface area contributed by atoms with Gasteiger partial charge in [-0.05, 0) is 113 Å². The molecule has 3 heterocycles. The van der Waals surface area contributed by atoms with Crippen LogP contribution in [0.1, 0.15) is 61.8 Å². The molecule has 0 saturated heterocycles. The molecule has 10 aromatic rings. The molecular formula is C57H48IrN4O-2. The minimum absolute atomic E-state index is 0. The number of aryl methyl sites for hydroxylation is 2. The number of fused-ring (bicyclic) bond motifs is 2. The SMILES string of the molecule is Cc1cccc(C)c1-c1cc(-c2nc3ccccc3n2-c2c(C(C)C)cc(-c3ccccc3)cc2C(C)C)[c-]c2nc(-c3ccccc3)oc12.[Ir].[c-]1ccccc1-c1ccccn1. The number of para-hydroxylation sites is 2. The second kappa shape index (κ2) is 18.7. The van der Waals surface area contributed by atoms with Gasteiger partial charge in [-0.3, -0.25) is 4.98 Å². The molecule has 0 saturated carbocycles. The zero-order chi connectivity index (χ0) is 42.7. The molecule has 63 heavy (non-hydrogen) atoms. The number of rotatable bonds is 8. The third-order valence-corrected chi connectivity index (χ3v) is 11.4. The molecule has 0 atom stereocenters. The molecule has 0 spiro atoms. The van der Waals surface area contributed by atoms with E-state index in [0.717, 1.165) is 56.0 Å². The van der Waals surface area contributed by atoms with E-state index in [9.17, 15) is 0 Å². The van der Waals surface area contributed by atoms with Gasteiger partial charge in [-0.15, -0.1) is 53.6 Å². The molecule has 0 unspecified atom stereocenters. The topological polar surface area (TPSA) is 56.7 Å². The van der Waals surface area contributed by atoms with Crippen LogP contribution in [0.2, 0.25) is 0 Å². The van der Waals surface area contributed by atoms with Gasteiger partial charge in [0.15, 0.2) is 0 Å². The zero-order valence-electron chi connectivity index (χ0n) is 36.4. The molecule has 3 aromatic heterocycles. The average molecular weight is 997 g/mol. The van der Waals surface area contributed by atoms with Crippen LogP contribution in [-0.4, -0.2) is 19.5 Å². The van der Waals surface area contributed by atoms with Crippen LogP contribution in [0.4, 0.5) is 0 Å². The van der Waals surface area contributed by atoms with E-state index < -0.39 is 0 Å². The summed E-state index contributed by atoms with van der Waals surface area (Å²) in [6.07, 6.45) is 1.79. The minimum Gasteiger partial charge on any atom is -0.484 e. The number of aromatic nitrogens is 4. The van der Waals surface area contributed by atoms with Crippen LogP contribution in [0.3, 0.4) is 0 Å². The quantitative estimate of drug-likeness (QED) is 0.142. The van der Waals surface area contributed by atoms with Gasteiger partial charge in [0.25, 0.3) is 0 Å². The Balaban J connectivity index is 0.000000361. The predicted molar refractivity (Wildman–Crippen MR) is 255 cm³/mol. The largest absolute Gasteiger partial charge is 0.484 e. The second-order valence-corrected chi connectivity index (χ2v) is 16.4. The summed E-state index contributed by atoms with van der Waals surface area (Å²) in [5.41, 5.74) is 17.9. The van der Waals surface area contributed by atoms with Crippen molar-refractivity contribution in [2.75, 3.05) is 0 Å². The van der Waals surface area contributed by atoms with Gasteiger partial charge in [-0.2, -0.15) is 0 Å². The van der Waals surface area contributed by atoms with Gasteiger partial charge in [0.1, 0.15) is 0 Å². The van der Waals surface area contributed by atoms with Crippen molar-refractivity contribution in [1.29, 1.82) is 0 Å². The summed E-state index contributed by atoms with van der Waals surface area (Å²) < 4.78 is 8.98. The monoisotopic (exact) mass is 997 g/mol. The average Bonchev–Trinajstić information content (AvgIpc) is 3.92. The normalized spacial score (nSPS) is 11.2.